The number of rotatable bonds is 4. The summed E-state index contributed by atoms with van der Waals surface area (Å²) in [5, 5.41) is 7.66. The second kappa shape index (κ2) is 8.94. The number of aromatic nitrogens is 2. The van der Waals surface area contributed by atoms with Crippen LogP contribution in [-0.2, 0) is 24.8 Å². The van der Waals surface area contributed by atoms with Crippen LogP contribution >= 0.6 is 0 Å². The number of fused-ring (bicyclic) bond motifs is 1. The monoisotopic (exact) mass is 437 g/mol. The summed E-state index contributed by atoms with van der Waals surface area (Å²) in [6, 6.07) is 8.07. The number of hydrogen-bond acceptors (Lipinski definition) is 5. The first-order chi connectivity index (χ1) is 15.6. The maximum absolute atomic E-state index is 13.2. The zero-order valence-electron chi connectivity index (χ0n) is 18.7. The number of benzene rings is 1. The molecule has 2 aromatic rings. The van der Waals surface area contributed by atoms with Crippen molar-refractivity contribution >= 4 is 17.5 Å². The third-order valence-corrected chi connectivity index (χ3v) is 6.93. The minimum atomic E-state index is -0.113. The van der Waals surface area contributed by atoms with Gasteiger partial charge in [0, 0.05) is 61.7 Å². The van der Waals surface area contributed by atoms with Crippen molar-refractivity contribution in [3.05, 3.63) is 46.8 Å². The largest absolute Gasteiger partial charge is 0.378 e. The smallest absolute Gasteiger partial charge is 0.272 e. The second-order valence-electron chi connectivity index (χ2n) is 8.98. The van der Waals surface area contributed by atoms with Crippen LogP contribution in [0, 0.1) is 0 Å². The first kappa shape index (κ1) is 21.0. The molecule has 1 aromatic carbocycles. The molecule has 0 radical (unpaired) electrons. The van der Waals surface area contributed by atoms with Gasteiger partial charge in [-0.1, -0.05) is 12.8 Å². The molecule has 1 saturated carbocycles. The van der Waals surface area contributed by atoms with Crippen molar-refractivity contribution in [2.24, 2.45) is 7.05 Å². The maximum atomic E-state index is 13.2. The molecule has 0 atom stereocenters. The number of aryl methyl sites for hydroxylation is 1. The van der Waals surface area contributed by atoms with E-state index in [9.17, 15) is 9.59 Å². The van der Waals surface area contributed by atoms with Crippen LogP contribution in [0.5, 0.6) is 0 Å². The Bertz CT molecular complexity index is 988. The van der Waals surface area contributed by atoms with Crippen LogP contribution in [0.25, 0.3) is 0 Å². The molecule has 5 rings (SSSR count). The average molecular weight is 438 g/mol. The van der Waals surface area contributed by atoms with Gasteiger partial charge in [-0.05, 0) is 37.1 Å². The van der Waals surface area contributed by atoms with Crippen molar-refractivity contribution in [1.29, 1.82) is 0 Å². The van der Waals surface area contributed by atoms with Gasteiger partial charge in [0.15, 0.2) is 5.69 Å². The highest BCUT2D eigenvalue weighted by Gasteiger charge is 2.31. The van der Waals surface area contributed by atoms with E-state index in [1.165, 1.54) is 0 Å². The standard InChI is InChI=1S/C24H31N5O3/c1-27-21-10-11-29(16-20(21)22(26-27)23(30)25-18-4-2-3-5-18)24(31)17-6-8-19(9-7-17)28-12-14-32-15-13-28/h6-9,18H,2-5,10-16H2,1H3,(H,25,30). The summed E-state index contributed by atoms with van der Waals surface area (Å²) < 4.78 is 7.22. The van der Waals surface area contributed by atoms with Crippen LogP contribution in [-0.4, -0.2) is 65.4 Å². The second-order valence-corrected chi connectivity index (χ2v) is 8.98. The van der Waals surface area contributed by atoms with Crippen molar-refractivity contribution in [3.63, 3.8) is 0 Å². The van der Waals surface area contributed by atoms with E-state index in [0.29, 0.717) is 30.8 Å². The van der Waals surface area contributed by atoms with E-state index in [-0.39, 0.29) is 17.9 Å². The predicted octanol–water partition coefficient (Wildman–Crippen LogP) is 2.13. The lowest BCUT2D eigenvalue weighted by molar-refractivity contribution is 0.0730. The highest BCUT2D eigenvalue weighted by atomic mass is 16.5. The fourth-order valence-electron chi connectivity index (χ4n) is 5.09. The van der Waals surface area contributed by atoms with Gasteiger partial charge in [-0.3, -0.25) is 14.3 Å². The third kappa shape index (κ3) is 4.11. The molecule has 1 aromatic heterocycles. The van der Waals surface area contributed by atoms with Gasteiger partial charge in [0.2, 0.25) is 0 Å². The lowest BCUT2D eigenvalue weighted by atomic mass is 10.0. The molecule has 0 spiro atoms. The lowest BCUT2D eigenvalue weighted by Crippen LogP contribution is -2.38. The molecule has 2 fully saturated rings. The first-order valence-corrected chi connectivity index (χ1v) is 11.7. The number of hydrogen-bond donors (Lipinski definition) is 1. The molecule has 2 aliphatic heterocycles. The summed E-state index contributed by atoms with van der Waals surface area (Å²) in [5.41, 5.74) is 4.19. The Morgan fingerprint density at radius 1 is 1.06 bits per heavy atom. The molecular weight excluding hydrogens is 406 g/mol. The van der Waals surface area contributed by atoms with Gasteiger partial charge in [0.1, 0.15) is 0 Å². The molecular formula is C24H31N5O3. The minimum Gasteiger partial charge on any atom is -0.378 e. The topological polar surface area (TPSA) is 79.7 Å². The van der Waals surface area contributed by atoms with Crippen molar-refractivity contribution in [1.82, 2.24) is 20.0 Å². The zero-order valence-corrected chi connectivity index (χ0v) is 18.7. The molecule has 8 heteroatoms. The molecule has 170 valence electrons. The number of morpholine rings is 1. The number of carbonyl (C=O) groups excluding carboxylic acids is 2. The van der Waals surface area contributed by atoms with E-state index < -0.39 is 0 Å². The Labute approximate surface area is 188 Å². The molecule has 0 bridgehead atoms. The molecule has 3 aliphatic rings. The summed E-state index contributed by atoms with van der Waals surface area (Å²) in [7, 11) is 1.88. The van der Waals surface area contributed by atoms with Gasteiger partial charge in [0.25, 0.3) is 11.8 Å². The minimum absolute atomic E-state index is 0.00446. The quantitative estimate of drug-likeness (QED) is 0.793. The Hall–Kier alpha value is -2.87. The van der Waals surface area contributed by atoms with E-state index in [1.807, 2.05) is 36.2 Å². The van der Waals surface area contributed by atoms with Crippen LogP contribution in [0.2, 0.25) is 0 Å². The predicted molar refractivity (Wildman–Crippen MR) is 121 cm³/mol. The maximum Gasteiger partial charge on any atom is 0.272 e. The fourth-order valence-corrected chi connectivity index (χ4v) is 5.09. The van der Waals surface area contributed by atoms with E-state index in [0.717, 1.165) is 68.9 Å². The van der Waals surface area contributed by atoms with Crippen molar-refractivity contribution in [3.8, 4) is 0 Å². The summed E-state index contributed by atoms with van der Waals surface area (Å²) >= 11 is 0. The number of nitrogens with zero attached hydrogens (tertiary/aromatic N) is 4. The number of amides is 2. The van der Waals surface area contributed by atoms with E-state index in [4.69, 9.17) is 4.74 Å². The number of anilines is 1. The summed E-state index contributed by atoms with van der Waals surface area (Å²) in [6.45, 7) is 4.25. The van der Waals surface area contributed by atoms with E-state index in [1.54, 1.807) is 4.68 Å². The van der Waals surface area contributed by atoms with Crippen molar-refractivity contribution in [2.75, 3.05) is 37.7 Å². The molecule has 8 nitrogen and oxygen atoms in total. The van der Waals surface area contributed by atoms with Gasteiger partial charge in [-0.2, -0.15) is 5.10 Å². The van der Waals surface area contributed by atoms with Crippen molar-refractivity contribution < 1.29 is 14.3 Å². The zero-order chi connectivity index (χ0) is 22.1. The van der Waals surface area contributed by atoms with Gasteiger partial charge in [-0.15, -0.1) is 0 Å². The van der Waals surface area contributed by atoms with E-state index in [2.05, 4.69) is 15.3 Å². The molecule has 0 unspecified atom stereocenters. The van der Waals surface area contributed by atoms with Gasteiger partial charge in [-0.25, -0.2) is 0 Å². The van der Waals surface area contributed by atoms with Crippen LogP contribution in [0.15, 0.2) is 24.3 Å². The molecule has 1 N–H and O–H groups in total. The lowest BCUT2D eigenvalue weighted by Gasteiger charge is -2.30. The molecule has 2 amide bonds. The first-order valence-electron chi connectivity index (χ1n) is 11.7. The highest BCUT2D eigenvalue weighted by molar-refractivity contribution is 5.96. The Morgan fingerprint density at radius 2 is 1.78 bits per heavy atom. The van der Waals surface area contributed by atoms with E-state index >= 15 is 0 Å². The molecule has 32 heavy (non-hydrogen) atoms. The fraction of sp³-hybridized carbons (Fsp3) is 0.542. The number of ether oxygens (including phenoxy) is 1. The number of nitrogens with one attached hydrogen (secondary N) is 1. The summed E-state index contributed by atoms with van der Waals surface area (Å²) in [5.74, 6) is -0.118. The molecule has 1 saturated heterocycles. The average Bonchev–Trinajstić information content (AvgIpc) is 3.46. The van der Waals surface area contributed by atoms with Crippen LogP contribution in [0.3, 0.4) is 0 Å². The number of carbonyl (C=O) groups is 2. The Kier molecular flexibility index (Phi) is 5.87. The van der Waals surface area contributed by atoms with Gasteiger partial charge >= 0.3 is 0 Å². The van der Waals surface area contributed by atoms with Crippen LogP contribution < -0.4 is 10.2 Å². The SMILES string of the molecule is Cn1nc(C(=O)NC2CCCC2)c2c1CCN(C(=O)c1ccc(N3CCOCC3)cc1)C2. The van der Waals surface area contributed by atoms with Crippen LogP contribution in [0.1, 0.15) is 57.8 Å². The van der Waals surface area contributed by atoms with Gasteiger partial charge < -0.3 is 19.9 Å². The summed E-state index contributed by atoms with van der Waals surface area (Å²) in [4.78, 5) is 30.3. The normalized spacial score (nSPS) is 19.2. The van der Waals surface area contributed by atoms with Gasteiger partial charge in [0.05, 0.1) is 19.8 Å². The van der Waals surface area contributed by atoms with Crippen molar-refractivity contribution in [2.45, 2.75) is 44.7 Å². The Balaban J connectivity index is 1.30. The highest BCUT2D eigenvalue weighted by Crippen LogP contribution is 2.25. The molecule has 3 heterocycles. The Morgan fingerprint density at radius 3 is 2.50 bits per heavy atom. The van der Waals surface area contributed by atoms with Crippen LogP contribution in [0.4, 0.5) is 5.69 Å². The molecule has 1 aliphatic carbocycles. The third-order valence-electron chi connectivity index (χ3n) is 6.93. The summed E-state index contributed by atoms with van der Waals surface area (Å²) in [6.07, 6.45) is 5.10.